The predicted octanol–water partition coefficient (Wildman–Crippen LogP) is 1.34. The Bertz CT molecular complexity index is 702. The number of alkyl halides is 3. The number of aromatic nitrogens is 1. The molecule has 1 spiro atoms. The molecule has 2 saturated heterocycles. The minimum atomic E-state index is -5.08. The van der Waals surface area contributed by atoms with Gasteiger partial charge >= 0.3 is 12.1 Å². The first-order valence-corrected chi connectivity index (χ1v) is 8.80. The zero-order valence-electron chi connectivity index (χ0n) is 15.8. The molecule has 158 valence electrons. The van der Waals surface area contributed by atoms with Crippen LogP contribution < -0.4 is 0 Å². The maximum absolute atomic E-state index is 12.4. The molecule has 3 heterocycles. The fourth-order valence-corrected chi connectivity index (χ4v) is 3.68. The number of carboxylic acids is 1. The molecule has 0 bridgehead atoms. The molecule has 0 radical (unpaired) electrons. The van der Waals surface area contributed by atoms with Crippen molar-refractivity contribution in [2.75, 3.05) is 32.8 Å². The van der Waals surface area contributed by atoms with Gasteiger partial charge in [-0.25, -0.2) is 4.79 Å². The monoisotopic (exact) mass is 407 g/mol. The van der Waals surface area contributed by atoms with E-state index in [1.54, 1.807) is 0 Å². The Hall–Kier alpha value is -2.14. The van der Waals surface area contributed by atoms with Crippen molar-refractivity contribution in [1.29, 1.82) is 0 Å². The second-order valence-electron chi connectivity index (χ2n) is 7.28. The lowest BCUT2D eigenvalue weighted by Gasteiger charge is -2.24. The van der Waals surface area contributed by atoms with E-state index in [0.717, 1.165) is 43.1 Å². The number of carbonyl (C=O) groups is 2. The highest BCUT2D eigenvalue weighted by Gasteiger charge is 2.47. The molecule has 2 aliphatic heterocycles. The maximum Gasteiger partial charge on any atom is 0.490 e. The number of carboxylic acid groups (broad SMARTS) is 1. The van der Waals surface area contributed by atoms with E-state index in [1.807, 2.05) is 18.7 Å². The summed E-state index contributed by atoms with van der Waals surface area (Å²) in [6.07, 6.45) is -3.42. The number of amides is 1. The zero-order valence-corrected chi connectivity index (χ0v) is 15.8. The highest BCUT2D eigenvalue weighted by Crippen LogP contribution is 2.40. The Morgan fingerprint density at radius 3 is 2.46 bits per heavy atom. The van der Waals surface area contributed by atoms with Gasteiger partial charge < -0.3 is 24.5 Å². The molecule has 1 aromatic heterocycles. The number of aliphatic hydroxyl groups is 1. The van der Waals surface area contributed by atoms with Crippen molar-refractivity contribution >= 4 is 11.9 Å². The molecule has 2 aliphatic rings. The van der Waals surface area contributed by atoms with Crippen molar-refractivity contribution < 1.29 is 37.5 Å². The van der Waals surface area contributed by atoms with Gasteiger partial charge in [-0.2, -0.15) is 13.2 Å². The molecule has 1 aromatic rings. The molecule has 2 N–H and O–H groups in total. The van der Waals surface area contributed by atoms with Crippen molar-refractivity contribution in [2.45, 2.75) is 39.4 Å². The SMILES string of the molecule is Cc1noc(C)c1CN1CC2(CCN(CCO)C2)CC1=O.O=C(O)C(F)(F)F. The van der Waals surface area contributed by atoms with Crippen LogP contribution in [-0.4, -0.2) is 76.0 Å². The minimum absolute atomic E-state index is 0.0746. The Kier molecular flexibility index (Phi) is 6.71. The van der Waals surface area contributed by atoms with Crippen molar-refractivity contribution in [3.05, 3.63) is 17.0 Å². The molecule has 0 saturated carbocycles. The second-order valence-corrected chi connectivity index (χ2v) is 7.28. The van der Waals surface area contributed by atoms with E-state index in [2.05, 4.69) is 10.1 Å². The van der Waals surface area contributed by atoms with E-state index in [0.29, 0.717) is 19.5 Å². The summed E-state index contributed by atoms with van der Waals surface area (Å²) in [5.74, 6) is -1.73. The fraction of sp³-hybridized carbons (Fsp3) is 0.706. The lowest BCUT2D eigenvalue weighted by Crippen LogP contribution is -2.32. The lowest BCUT2D eigenvalue weighted by molar-refractivity contribution is -0.192. The van der Waals surface area contributed by atoms with Crippen LogP contribution in [0.3, 0.4) is 0 Å². The normalized spacial score (nSPS) is 22.6. The number of aryl methyl sites for hydroxylation is 2. The van der Waals surface area contributed by atoms with Crippen LogP contribution in [0.15, 0.2) is 4.52 Å². The summed E-state index contributed by atoms with van der Waals surface area (Å²) in [6, 6.07) is 0. The van der Waals surface area contributed by atoms with Crippen LogP contribution in [0.1, 0.15) is 29.9 Å². The van der Waals surface area contributed by atoms with Crippen molar-refractivity contribution in [2.24, 2.45) is 5.41 Å². The molecule has 2 fully saturated rings. The fourth-order valence-electron chi connectivity index (χ4n) is 3.68. The van der Waals surface area contributed by atoms with Crippen LogP contribution in [0.5, 0.6) is 0 Å². The van der Waals surface area contributed by atoms with Crippen LogP contribution >= 0.6 is 0 Å². The van der Waals surface area contributed by atoms with Crippen LogP contribution in [-0.2, 0) is 16.1 Å². The standard InChI is InChI=1S/C15H23N3O3.C2HF3O2/c1-11-13(12(2)21-16-11)8-18-10-15(7-14(18)20)3-4-17(9-15)5-6-19;3-2(4,5)1(6)7/h19H,3-10H2,1-2H3;(H,6,7). The van der Waals surface area contributed by atoms with Gasteiger partial charge in [0.1, 0.15) is 5.76 Å². The molecule has 0 aliphatic carbocycles. The molecular weight excluding hydrogens is 383 g/mol. The molecule has 28 heavy (non-hydrogen) atoms. The Balaban J connectivity index is 0.000000345. The number of likely N-dealkylation sites (tertiary alicyclic amines) is 2. The largest absolute Gasteiger partial charge is 0.490 e. The highest BCUT2D eigenvalue weighted by atomic mass is 19.4. The van der Waals surface area contributed by atoms with E-state index in [4.69, 9.17) is 19.5 Å². The number of halogens is 3. The van der Waals surface area contributed by atoms with Crippen molar-refractivity contribution in [1.82, 2.24) is 15.0 Å². The first kappa shape index (κ1) is 22.2. The third-order valence-corrected chi connectivity index (χ3v) is 5.11. The quantitative estimate of drug-likeness (QED) is 0.776. The van der Waals surface area contributed by atoms with Gasteiger partial charge in [-0.15, -0.1) is 0 Å². The number of carbonyl (C=O) groups excluding carboxylic acids is 1. The van der Waals surface area contributed by atoms with E-state index >= 15 is 0 Å². The maximum atomic E-state index is 12.4. The van der Waals surface area contributed by atoms with Crippen LogP contribution in [0.2, 0.25) is 0 Å². The number of rotatable bonds is 4. The lowest BCUT2D eigenvalue weighted by atomic mass is 9.86. The molecule has 1 amide bonds. The summed E-state index contributed by atoms with van der Waals surface area (Å²) in [7, 11) is 0. The number of hydrogen-bond acceptors (Lipinski definition) is 6. The van der Waals surface area contributed by atoms with Crippen molar-refractivity contribution in [3.63, 3.8) is 0 Å². The van der Waals surface area contributed by atoms with Gasteiger partial charge in [-0.1, -0.05) is 5.16 Å². The van der Waals surface area contributed by atoms with Gasteiger partial charge in [-0.05, 0) is 26.8 Å². The van der Waals surface area contributed by atoms with Crippen LogP contribution in [0.25, 0.3) is 0 Å². The first-order valence-electron chi connectivity index (χ1n) is 8.80. The molecule has 11 heteroatoms. The predicted molar refractivity (Wildman–Crippen MR) is 90.3 cm³/mol. The zero-order chi connectivity index (χ0) is 21.1. The second kappa shape index (κ2) is 8.48. The third-order valence-electron chi connectivity index (χ3n) is 5.11. The Morgan fingerprint density at radius 2 is 1.96 bits per heavy atom. The molecular formula is C17H24F3N3O5. The average Bonchev–Trinajstić information content (AvgIpc) is 3.22. The summed E-state index contributed by atoms with van der Waals surface area (Å²) in [4.78, 5) is 25.4. The number of aliphatic carboxylic acids is 1. The molecule has 8 nitrogen and oxygen atoms in total. The van der Waals surface area contributed by atoms with Crippen LogP contribution in [0, 0.1) is 19.3 Å². The van der Waals surface area contributed by atoms with Crippen LogP contribution in [0.4, 0.5) is 13.2 Å². The summed E-state index contributed by atoms with van der Waals surface area (Å²) < 4.78 is 36.9. The number of β-amino-alcohol motifs (C(OH)–C–C–N with tert-alkyl or cyclic N) is 1. The van der Waals surface area contributed by atoms with Gasteiger partial charge in [0.25, 0.3) is 0 Å². The highest BCUT2D eigenvalue weighted by molar-refractivity contribution is 5.79. The van der Waals surface area contributed by atoms with E-state index in [9.17, 15) is 18.0 Å². The van der Waals surface area contributed by atoms with Crippen molar-refractivity contribution in [3.8, 4) is 0 Å². The Morgan fingerprint density at radius 1 is 1.32 bits per heavy atom. The average molecular weight is 407 g/mol. The molecule has 3 rings (SSSR count). The first-order chi connectivity index (χ1) is 13.0. The number of hydrogen-bond donors (Lipinski definition) is 2. The van der Waals surface area contributed by atoms with E-state index in [1.165, 1.54) is 0 Å². The van der Waals surface area contributed by atoms with Gasteiger partial charge in [0.15, 0.2) is 0 Å². The summed E-state index contributed by atoms with van der Waals surface area (Å²) in [5, 5.41) is 20.1. The van der Waals surface area contributed by atoms with Gasteiger partial charge in [0.05, 0.1) is 18.8 Å². The molecule has 1 unspecified atom stereocenters. The van der Waals surface area contributed by atoms with Gasteiger partial charge in [0, 0.05) is 37.0 Å². The van der Waals surface area contributed by atoms with E-state index in [-0.39, 0.29) is 17.9 Å². The number of nitrogens with zero attached hydrogens (tertiary/aromatic N) is 3. The minimum Gasteiger partial charge on any atom is -0.475 e. The summed E-state index contributed by atoms with van der Waals surface area (Å²) in [5.41, 5.74) is 1.98. The number of aliphatic hydroxyl groups excluding tert-OH is 1. The van der Waals surface area contributed by atoms with Gasteiger partial charge in [-0.3, -0.25) is 4.79 Å². The molecule has 1 atom stereocenters. The summed E-state index contributed by atoms with van der Waals surface area (Å²) in [6.45, 7) is 8.00. The Labute approximate surface area is 159 Å². The topological polar surface area (TPSA) is 107 Å². The smallest absolute Gasteiger partial charge is 0.475 e. The van der Waals surface area contributed by atoms with E-state index < -0.39 is 12.1 Å². The van der Waals surface area contributed by atoms with Gasteiger partial charge in [0.2, 0.25) is 5.91 Å². The summed E-state index contributed by atoms with van der Waals surface area (Å²) >= 11 is 0. The third kappa shape index (κ3) is 5.22. The molecule has 0 aromatic carbocycles.